The minimum atomic E-state index is -0.526. The second kappa shape index (κ2) is 8.28. The summed E-state index contributed by atoms with van der Waals surface area (Å²) in [5.74, 6) is 0.133. The summed E-state index contributed by atoms with van der Waals surface area (Å²) in [5, 5.41) is 2.24. The van der Waals surface area contributed by atoms with Gasteiger partial charge in [0.1, 0.15) is 16.4 Å². The van der Waals surface area contributed by atoms with Crippen LogP contribution >= 0.6 is 11.3 Å². The third-order valence-electron chi connectivity index (χ3n) is 3.55. The maximum atomic E-state index is 12.2. The van der Waals surface area contributed by atoms with Gasteiger partial charge in [-0.2, -0.15) is 0 Å². The number of benzene rings is 1. The Balaban J connectivity index is 1.68. The van der Waals surface area contributed by atoms with E-state index >= 15 is 0 Å². The molecule has 9 heteroatoms. The molecule has 0 bridgehead atoms. The van der Waals surface area contributed by atoms with Crippen molar-refractivity contribution >= 4 is 23.2 Å². The van der Waals surface area contributed by atoms with E-state index in [-0.39, 0.29) is 11.4 Å². The zero-order valence-corrected chi connectivity index (χ0v) is 15.4. The van der Waals surface area contributed by atoms with Gasteiger partial charge in [0.2, 0.25) is 0 Å². The van der Waals surface area contributed by atoms with Gasteiger partial charge in [0.05, 0.1) is 14.2 Å². The van der Waals surface area contributed by atoms with Crippen LogP contribution in [0.15, 0.2) is 48.0 Å². The lowest BCUT2D eigenvalue weighted by molar-refractivity contribution is 0.0841. The van der Waals surface area contributed by atoms with Crippen molar-refractivity contribution < 1.29 is 19.1 Å². The Bertz CT molecular complexity index is 959. The predicted molar refractivity (Wildman–Crippen MR) is 99.8 cm³/mol. The zero-order chi connectivity index (χ0) is 19.2. The molecule has 27 heavy (non-hydrogen) atoms. The fourth-order valence-corrected chi connectivity index (χ4v) is 3.02. The first-order chi connectivity index (χ1) is 13.1. The Morgan fingerprint density at radius 1 is 0.963 bits per heavy atom. The van der Waals surface area contributed by atoms with Crippen LogP contribution in [0.4, 0.5) is 0 Å². The number of hydrogen-bond acceptors (Lipinski definition) is 7. The first kappa shape index (κ1) is 18.3. The number of nitrogens with one attached hydrogen (secondary N) is 2. The molecule has 2 heterocycles. The molecule has 8 nitrogen and oxygen atoms in total. The molecule has 2 N–H and O–H groups in total. The number of hydrogen-bond donors (Lipinski definition) is 2. The fourth-order valence-electron chi connectivity index (χ4n) is 2.22. The van der Waals surface area contributed by atoms with Crippen LogP contribution in [-0.4, -0.2) is 36.0 Å². The molecule has 138 valence electrons. The van der Waals surface area contributed by atoms with Gasteiger partial charge < -0.3 is 9.47 Å². The Hall–Kier alpha value is -3.46. The standard InChI is InChI=1S/C18H16N4O4S/c1-25-14-7-6-11(9-15(14)26-2)18-20-13(10-27-18)17(24)22-21-16(23)12-5-3-4-8-19-12/h3-10H,1-2H3,(H,21,23)(H,22,24). The summed E-state index contributed by atoms with van der Waals surface area (Å²) < 4.78 is 10.5. The molecule has 3 rings (SSSR count). The van der Waals surface area contributed by atoms with Crippen molar-refractivity contribution in [2.45, 2.75) is 0 Å². The van der Waals surface area contributed by atoms with Crippen LogP contribution in [0.2, 0.25) is 0 Å². The number of carbonyl (C=O) groups is 2. The summed E-state index contributed by atoms with van der Waals surface area (Å²) >= 11 is 1.30. The van der Waals surface area contributed by atoms with Gasteiger partial charge >= 0.3 is 0 Å². The molecule has 0 unspecified atom stereocenters. The predicted octanol–water partition coefficient (Wildman–Crippen LogP) is 2.30. The van der Waals surface area contributed by atoms with Gasteiger partial charge in [-0.3, -0.25) is 25.4 Å². The summed E-state index contributed by atoms with van der Waals surface area (Å²) in [6.45, 7) is 0. The molecule has 0 fully saturated rings. The lowest BCUT2D eigenvalue weighted by Gasteiger charge is -2.08. The fraction of sp³-hybridized carbons (Fsp3) is 0.111. The first-order valence-electron chi connectivity index (χ1n) is 7.82. The quantitative estimate of drug-likeness (QED) is 0.655. The average Bonchev–Trinajstić information content (AvgIpc) is 3.22. The van der Waals surface area contributed by atoms with Gasteiger partial charge in [0, 0.05) is 17.1 Å². The van der Waals surface area contributed by atoms with Crippen molar-refractivity contribution in [3.8, 4) is 22.1 Å². The highest BCUT2D eigenvalue weighted by Gasteiger charge is 2.15. The average molecular weight is 384 g/mol. The summed E-state index contributed by atoms with van der Waals surface area (Å²) in [4.78, 5) is 32.3. The molecule has 0 aliphatic heterocycles. The van der Waals surface area contributed by atoms with Crippen molar-refractivity contribution in [1.82, 2.24) is 20.8 Å². The van der Waals surface area contributed by atoms with Gasteiger partial charge in [0.25, 0.3) is 11.8 Å². The van der Waals surface area contributed by atoms with Crippen LogP contribution in [0, 0.1) is 0 Å². The number of carbonyl (C=O) groups excluding carboxylic acids is 2. The van der Waals surface area contributed by atoms with E-state index in [1.54, 1.807) is 49.9 Å². The minimum Gasteiger partial charge on any atom is -0.493 e. The molecule has 0 aliphatic rings. The highest BCUT2D eigenvalue weighted by atomic mass is 32.1. The Labute approximate surface area is 159 Å². The highest BCUT2D eigenvalue weighted by Crippen LogP contribution is 2.33. The summed E-state index contributed by atoms with van der Waals surface area (Å²) in [6.07, 6.45) is 1.49. The third kappa shape index (κ3) is 4.21. The normalized spacial score (nSPS) is 10.1. The van der Waals surface area contributed by atoms with Crippen molar-refractivity contribution in [2.75, 3.05) is 14.2 Å². The smallest absolute Gasteiger partial charge is 0.289 e. The second-order valence-corrected chi connectivity index (χ2v) is 6.09. The number of pyridine rings is 1. The molecule has 0 saturated carbocycles. The maximum Gasteiger partial charge on any atom is 0.289 e. The maximum absolute atomic E-state index is 12.2. The largest absolute Gasteiger partial charge is 0.493 e. The van der Waals surface area contributed by atoms with Crippen LogP contribution in [-0.2, 0) is 0 Å². The van der Waals surface area contributed by atoms with Crippen LogP contribution in [0.3, 0.4) is 0 Å². The molecule has 0 saturated heterocycles. The van der Waals surface area contributed by atoms with Gasteiger partial charge in [-0.1, -0.05) is 6.07 Å². The summed E-state index contributed by atoms with van der Waals surface area (Å²) in [6, 6.07) is 10.3. The van der Waals surface area contributed by atoms with Crippen LogP contribution < -0.4 is 20.3 Å². The monoisotopic (exact) mass is 384 g/mol. The molecule has 2 amide bonds. The van der Waals surface area contributed by atoms with Gasteiger partial charge in [-0.25, -0.2) is 4.98 Å². The van der Waals surface area contributed by atoms with Crippen LogP contribution in [0.5, 0.6) is 11.5 Å². The van der Waals surface area contributed by atoms with Crippen molar-refractivity contribution in [2.24, 2.45) is 0 Å². The van der Waals surface area contributed by atoms with E-state index in [4.69, 9.17) is 9.47 Å². The van der Waals surface area contributed by atoms with Crippen LogP contribution in [0.25, 0.3) is 10.6 Å². The second-order valence-electron chi connectivity index (χ2n) is 5.23. The van der Waals surface area contributed by atoms with Gasteiger partial charge in [-0.15, -0.1) is 11.3 Å². The van der Waals surface area contributed by atoms with E-state index in [2.05, 4.69) is 20.8 Å². The number of ether oxygens (including phenoxy) is 2. The molecular formula is C18H16N4O4S. The highest BCUT2D eigenvalue weighted by molar-refractivity contribution is 7.13. The molecular weight excluding hydrogens is 368 g/mol. The number of nitrogens with zero attached hydrogens (tertiary/aromatic N) is 2. The number of thiazole rings is 1. The zero-order valence-electron chi connectivity index (χ0n) is 14.6. The van der Waals surface area contributed by atoms with Crippen LogP contribution in [0.1, 0.15) is 21.0 Å². The molecule has 0 spiro atoms. The SMILES string of the molecule is COc1ccc(-c2nc(C(=O)NNC(=O)c3ccccn3)cs2)cc1OC. The van der Waals surface area contributed by atoms with Gasteiger partial charge in [-0.05, 0) is 30.3 Å². The summed E-state index contributed by atoms with van der Waals surface area (Å²) in [7, 11) is 3.11. The lowest BCUT2D eigenvalue weighted by atomic mass is 10.2. The molecule has 3 aromatic rings. The van der Waals surface area contributed by atoms with Gasteiger partial charge in [0.15, 0.2) is 11.5 Å². The van der Waals surface area contributed by atoms with Crippen molar-refractivity contribution in [1.29, 1.82) is 0 Å². The van der Waals surface area contributed by atoms with E-state index in [1.807, 2.05) is 6.07 Å². The third-order valence-corrected chi connectivity index (χ3v) is 4.45. The van der Waals surface area contributed by atoms with E-state index in [0.717, 1.165) is 5.56 Å². The molecule has 2 aromatic heterocycles. The Kier molecular flexibility index (Phi) is 5.62. The topological polar surface area (TPSA) is 102 Å². The molecule has 0 radical (unpaired) electrons. The number of aromatic nitrogens is 2. The number of rotatable bonds is 5. The van der Waals surface area contributed by atoms with E-state index < -0.39 is 11.8 Å². The first-order valence-corrected chi connectivity index (χ1v) is 8.70. The number of hydrazine groups is 1. The molecule has 0 aliphatic carbocycles. The van der Waals surface area contributed by atoms with Crippen molar-refractivity contribution in [3.05, 3.63) is 59.4 Å². The molecule has 0 atom stereocenters. The Morgan fingerprint density at radius 2 is 1.70 bits per heavy atom. The molecule has 1 aromatic carbocycles. The van der Waals surface area contributed by atoms with E-state index in [0.29, 0.717) is 16.5 Å². The van der Waals surface area contributed by atoms with E-state index in [1.165, 1.54) is 17.5 Å². The number of amides is 2. The Morgan fingerprint density at radius 3 is 2.37 bits per heavy atom. The lowest BCUT2D eigenvalue weighted by Crippen LogP contribution is -2.42. The van der Waals surface area contributed by atoms with E-state index in [9.17, 15) is 9.59 Å². The number of methoxy groups -OCH3 is 2. The summed E-state index contributed by atoms with van der Waals surface area (Å²) in [5.41, 5.74) is 5.80. The van der Waals surface area contributed by atoms with Crippen molar-refractivity contribution in [3.63, 3.8) is 0 Å². The minimum absolute atomic E-state index is 0.186.